The molecule has 0 unspecified atom stereocenters. The molecule has 1 aliphatic carbocycles. The van der Waals surface area contributed by atoms with E-state index in [4.69, 9.17) is 0 Å². The van der Waals surface area contributed by atoms with Gasteiger partial charge in [0, 0.05) is 44.3 Å². The highest BCUT2D eigenvalue weighted by atomic mass is 16.2. The van der Waals surface area contributed by atoms with Gasteiger partial charge in [0.1, 0.15) is 0 Å². The second-order valence-corrected chi connectivity index (χ2v) is 9.56. The molecule has 1 aromatic carbocycles. The Morgan fingerprint density at radius 3 is 2.30 bits per heavy atom. The summed E-state index contributed by atoms with van der Waals surface area (Å²) in [7, 11) is 0. The number of amides is 2. The first-order valence-corrected chi connectivity index (χ1v) is 11.9. The number of carbonyl (C=O) groups is 2. The van der Waals surface area contributed by atoms with Crippen LogP contribution in [0.1, 0.15) is 67.8 Å². The number of piperidine rings is 1. The van der Waals surface area contributed by atoms with Gasteiger partial charge in [-0.2, -0.15) is 0 Å². The van der Waals surface area contributed by atoms with Crippen LogP contribution in [0.25, 0.3) is 0 Å². The Bertz CT molecular complexity index is 751. The van der Waals surface area contributed by atoms with Gasteiger partial charge in [-0.05, 0) is 64.0 Å². The number of piperazine rings is 1. The van der Waals surface area contributed by atoms with Gasteiger partial charge in [-0.1, -0.05) is 30.5 Å². The number of benzene rings is 1. The standard InChI is InChI=1S/C25H37N3O2/c1-19-8-7-12-22(18-19)24(29)27-16-14-26(15-17-27)23(21-10-3-4-11-21)25(30)28-13-6-5-9-20(28)2/h7-8,12,18,20-21,23H,3-6,9-11,13-17H2,1-2H3/t20-,23+/m1/s1. The van der Waals surface area contributed by atoms with Crippen molar-refractivity contribution in [3.8, 4) is 0 Å². The molecule has 2 heterocycles. The predicted octanol–water partition coefficient (Wildman–Crippen LogP) is 3.71. The molecule has 3 fully saturated rings. The monoisotopic (exact) mass is 411 g/mol. The molecule has 5 nitrogen and oxygen atoms in total. The van der Waals surface area contributed by atoms with Gasteiger partial charge >= 0.3 is 0 Å². The summed E-state index contributed by atoms with van der Waals surface area (Å²) in [6.45, 7) is 8.15. The van der Waals surface area contributed by atoms with Crippen molar-refractivity contribution in [1.29, 1.82) is 0 Å². The highest BCUT2D eigenvalue weighted by molar-refractivity contribution is 5.94. The molecule has 5 heteroatoms. The first-order chi connectivity index (χ1) is 14.5. The Morgan fingerprint density at radius 2 is 1.63 bits per heavy atom. The Morgan fingerprint density at radius 1 is 0.933 bits per heavy atom. The van der Waals surface area contributed by atoms with Crippen molar-refractivity contribution in [1.82, 2.24) is 14.7 Å². The summed E-state index contributed by atoms with van der Waals surface area (Å²) in [4.78, 5) is 33.1. The van der Waals surface area contributed by atoms with Crippen LogP contribution < -0.4 is 0 Å². The molecule has 2 atom stereocenters. The SMILES string of the molecule is Cc1cccc(C(=O)N2CCN([C@H](C(=O)N3CCCC[C@H]3C)C3CCCC3)CC2)c1. The van der Waals surface area contributed by atoms with Gasteiger partial charge in [-0.3, -0.25) is 14.5 Å². The highest BCUT2D eigenvalue weighted by Gasteiger charge is 2.40. The van der Waals surface area contributed by atoms with E-state index in [1.54, 1.807) is 0 Å². The van der Waals surface area contributed by atoms with Gasteiger partial charge in [0.2, 0.25) is 5.91 Å². The minimum absolute atomic E-state index is 0.00396. The van der Waals surface area contributed by atoms with Crippen LogP contribution in [0.5, 0.6) is 0 Å². The fourth-order valence-electron chi connectivity index (χ4n) is 5.69. The number of hydrogen-bond donors (Lipinski definition) is 0. The number of hydrogen-bond acceptors (Lipinski definition) is 3. The molecule has 2 aliphatic heterocycles. The maximum absolute atomic E-state index is 13.7. The quantitative estimate of drug-likeness (QED) is 0.759. The largest absolute Gasteiger partial charge is 0.339 e. The zero-order valence-corrected chi connectivity index (χ0v) is 18.7. The van der Waals surface area contributed by atoms with E-state index in [2.05, 4.69) is 16.7 Å². The number of rotatable bonds is 4. The molecular weight excluding hydrogens is 374 g/mol. The molecule has 0 radical (unpaired) electrons. The summed E-state index contributed by atoms with van der Waals surface area (Å²) >= 11 is 0. The first kappa shape index (κ1) is 21.4. The van der Waals surface area contributed by atoms with Crippen molar-refractivity contribution in [2.75, 3.05) is 32.7 Å². The van der Waals surface area contributed by atoms with Gasteiger partial charge in [-0.15, -0.1) is 0 Å². The van der Waals surface area contributed by atoms with E-state index in [-0.39, 0.29) is 11.9 Å². The molecule has 2 saturated heterocycles. The Labute approximate surface area is 181 Å². The molecule has 30 heavy (non-hydrogen) atoms. The lowest BCUT2D eigenvalue weighted by atomic mass is 9.92. The van der Waals surface area contributed by atoms with Crippen LogP contribution >= 0.6 is 0 Å². The van der Waals surface area contributed by atoms with E-state index < -0.39 is 0 Å². The van der Waals surface area contributed by atoms with E-state index >= 15 is 0 Å². The summed E-state index contributed by atoms with van der Waals surface area (Å²) in [6.07, 6.45) is 8.32. The zero-order valence-electron chi connectivity index (χ0n) is 18.7. The summed E-state index contributed by atoms with van der Waals surface area (Å²) in [6, 6.07) is 8.21. The number of nitrogens with zero attached hydrogens (tertiary/aromatic N) is 3. The maximum atomic E-state index is 13.7. The van der Waals surface area contributed by atoms with Crippen molar-refractivity contribution < 1.29 is 9.59 Å². The molecule has 0 aromatic heterocycles. The zero-order chi connectivity index (χ0) is 21.1. The van der Waals surface area contributed by atoms with Crippen LogP contribution in [0.3, 0.4) is 0 Å². The molecule has 1 saturated carbocycles. The third-order valence-electron chi connectivity index (χ3n) is 7.45. The van der Waals surface area contributed by atoms with Crippen LogP contribution in [0.4, 0.5) is 0 Å². The third-order valence-corrected chi connectivity index (χ3v) is 7.45. The smallest absolute Gasteiger partial charge is 0.253 e. The topological polar surface area (TPSA) is 43.9 Å². The summed E-state index contributed by atoms with van der Waals surface area (Å²) < 4.78 is 0. The molecule has 0 spiro atoms. The van der Waals surface area contributed by atoms with Gasteiger partial charge in [0.05, 0.1) is 6.04 Å². The number of aryl methyl sites for hydroxylation is 1. The van der Waals surface area contributed by atoms with Crippen molar-refractivity contribution in [2.45, 2.75) is 70.9 Å². The lowest BCUT2D eigenvalue weighted by Gasteiger charge is -2.44. The first-order valence-electron chi connectivity index (χ1n) is 11.9. The van der Waals surface area contributed by atoms with Gasteiger partial charge in [-0.25, -0.2) is 0 Å². The summed E-state index contributed by atoms with van der Waals surface area (Å²) in [5.41, 5.74) is 1.89. The Hall–Kier alpha value is -1.88. The number of likely N-dealkylation sites (tertiary alicyclic amines) is 1. The highest BCUT2D eigenvalue weighted by Crippen LogP contribution is 2.33. The van der Waals surface area contributed by atoms with Crippen LogP contribution in [-0.4, -0.2) is 71.3 Å². The minimum Gasteiger partial charge on any atom is -0.339 e. The van der Waals surface area contributed by atoms with Crippen LogP contribution in [-0.2, 0) is 4.79 Å². The minimum atomic E-state index is 0.00396. The number of carbonyl (C=O) groups excluding carboxylic acids is 2. The normalized spacial score (nSPS) is 24.8. The van der Waals surface area contributed by atoms with Gasteiger partial charge in [0.15, 0.2) is 0 Å². The lowest BCUT2D eigenvalue weighted by Crippen LogP contribution is -2.60. The summed E-state index contributed by atoms with van der Waals surface area (Å²) in [5, 5.41) is 0. The van der Waals surface area contributed by atoms with Crippen molar-refractivity contribution in [2.24, 2.45) is 5.92 Å². The molecule has 3 aliphatic rings. The molecule has 1 aromatic rings. The van der Waals surface area contributed by atoms with E-state index in [9.17, 15) is 9.59 Å². The second-order valence-electron chi connectivity index (χ2n) is 9.56. The van der Waals surface area contributed by atoms with Crippen molar-refractivity contribution in [3.05, 3.63) is 35.4 Å². The molecular formula is C25H37N3O2. The van der Waals surface area contributed by atoms with E-state index in [1.165, 1.54) is 32.1 Å². The Kier molecular flexibility index (Phi) is 6.77. The second kappa shape index (κ2) is 9.51. The van der Waals surface area contributed by atoms with Crippen LogP contribution in [0.15, 0.2) is 24.3 Å². The van der Waals surface area contributed by atoms with E-state index in [0.29, 0.717) is 31.0 Å². The fraction of sp³-hybridized carbons (Fsp3) is 0.680. The fourth-order valence-corrected chi connectivity index (χ4v) is 5.69. The van der Waals surface area contributed by atoms with Crippen molar-refractivity contribution >= 4 is 11.8 Å². The van der Waals surface area contributed by atoms with Crippen molar-refractivity contribution in [3.63, 3.8) is 0 Å². The van der Waals surface area contributed by atoms with Crippen LogP contribution in [0.2, 0.25) is 0 Å². The lowest BCUT2D eigenvalue weighted by molar-refractivity contribution is -0.143. The molecule has 4 rings (SSSR count). The average Bonchev–Trinajstić information content (AvgIpc) is 3.28. The summed E-state index contributed by atoms with van der Waals surface area (Å²) in [5.74, 6) is 0.949. The molecule has 0 N–H and O–H groups in total. The molecule has 0 bridgehead atoms. The average molecular weight is 412 g/mol. The van der Waals surface area contributed by atoms with E-state index in [1.807, 2.05) is 36.1 Å². The van der Waals surface area contributed by atoms with Crippen LogP contribution in [0, 0.1) is 12.8 Å². The van der Waals surface area contributed by atoms with Gasteiger partial charge in [0.25, 0.3) is 5.91 Å². The predicted molar refractivity (Wildman–Crippen MR) is 119 cm³/mol. The maximum Gasteiger partial charge on any atom is 0.253 e. The van der Waals surface area contributed by atoms with Gasteiger partial charge < -0.3 is 9.80 Å². The third kappa shape index (κ3) is 4.56. The molecule has 2 amide bonds. The molecule has 164 valence electrons. The van der Waals surface area contributed by atoms with E-state index in [0.717, 1.165) is 43.6 Å². The Balaban J connectivity index is 1.44.